The van der Waals surface area contributed by atoms with E-state index in [0.717, 1.165) is 33.6 Å². The molecule has 0 saturated carbocycles. The fourth-order valence-corrected chi connectivity index (χ4v) is 5.24. The summed E-state index contributed by atoms with van der Waals surface area (Å²) in [5, 5.41) is 12.3. The number of hydrogen-bond donors (Lipinski definition) is 0. The topological polar surface area (TPSA) is 65.3 Å². The highest BCUT2D eigenvalue weighted by molar-refractivity contribution is 6.19. The Morgan fingerprint density at radius 1 is 0.611 bits per heavy atom. The number of nitrogens with zero attached hydrogens (tertiary/aromatic N) is 4. The first-order valence-corrected chi connectivity index (χ1v) is 12.2. The molecule has 0 radical (unpaired) electrons. The number of carbonyl (C=O) groups excluding carboxylic acids is 2. The van der Waals surface area contributed by atoms with Gasteiger partial charge in [-0.25, -0.2) is 10.0 Å². The largest absolute Gasteiger partial charge is 0.272 e. The zero-order chi connectivity index (χ0) is 25.6. The number of anilines is 2. The number of aryl methyl sites for hydroxylation is 3. The Hall–Kier alpha value is -4.06. The monoisotopic (exact) mass is 478 g/mol. The van der Waals surface area contributed by atoms with Crippen molar-refractivity contribution in [3.05, 3.63) is 95.1 Å². The van der Waals surface area contributed by atoms with Crippen LogP contribution >= 0.6 is 0 Å². The first kappa shape index (κ1) is 23.7. The van der Waals surface area contributed by atoms with Crippen LogP contribution in [0, 0.1) is 32.6 Å². The molecule has 2 unspecified atom stereocenters. The van der Waals surface area contributed by atoms with Crippen LogP contribution in [0.2, 0.25) is 0 Å². The molecule has 2 aliphatic heterocycles. The molecule has 2 amide bonds. The van der Waals surface area contributed by atoms with E-state index in [1.165, 1.54) is 10.0 Å². The predicted octanol–water partition coefficient (Wildman–Crippen LogP) is 5.77. The zero-order valence-corrected chi connectivity index (χ0v) is 21.3. The Bertz CT molecular complexity index is 1300. The molecule has 2 heterocycles. The van der Waals surface area contributed by atoms with E-state index in [1.54, 1.807) is 0 Å². The lowest BCUT2D eigenvalue weighted by Crippen LogP contribution is -2.40. The minimum Gasteiger partial charge on any atom is -0.272 e. The predicted molar refractivity (Wildman–Crippen MR) is 144 cm³/mol. The lowest BCUT2D eigenvalue weighted by atomic mass is 9.72. The quantitative estimate of drug-likeness (QED) is 0.467. The van der Waals surface area contributed by atoms with Crippen LogP contribution in [0.15, 0.2) is 83.0 Å². The van der Waals surface area contributed by atoms with E-state index in [4.69, 9.17) is 0 Å². The van der Waals surface area contributed by atoms with E-state index in [0.29, 0.717) is 11.4 Å². The summed E-state index contributed by atoms with van der Waals surface area (Å²) in [6.45, 7) is 9.80. The van der Waals surface area contributed by atoms with Crippen LogP contribution in [0.25, 0.3) is 0 Å². The highest BCUT2D eigenvalue weighted by Crippen LogP contribution is 2.43. The van der Waals surface area contributed by atoms with Gasteiger partial charge in [0.05, 0.1) is 23.2 Å². The van der Waals surface area contributed by atoms with Crippen LogP contribution in [0.3, 0.4) is 0 Å². The molecule has 3 aromatic rings. The summed E-state index contributed by atoms with van der Waals surface area (Å²) in [6, 6.07) is 23.5. The Morgan fingerprint density at radius 2 is 1.03 bits per heavy atom. The number of benzene rings is 3. The minimum absolute atomic E-state index is 0.126. The second-order valence-electron chi connectivity index (χ2n) is 9.79. The molecule has 0 bridgehead atoms. The van der Waals surface area contributed by atoms with Gasteiger partial charge in [0.1, 0.15) is 0 Å². The van der Waals surface area contributed by atoms with Crippen molar-refractivity contribution in [3.63, 3.8) is 0 Å². The molecule has 36 heavy (non-hydrogen) atoms. The van der Waals surface area contributed by atoms with Crippen LogP contribution in [0.4, 0.5) is 11.4 Å². The fourth-order valence-electron chi connectivity index (χ4n) is 5.24. The Labute approximate surface area is 211 Å². The van der Waals surface area contributed by atoms with Gasteiger partial charge in [-0.3, -0.25) is 9.59 Å². The van der Waals surface area contributed by atoms with E-state index in [9.17, 15) is 9.59 Å². The summed E-state index contributed by atoms with van der Waals surface area (Å²) in [7, 11) is 0. The van der Waals surface area contributed by atoms with Gasteiger partial charge in [-0.1, -0.05) is 59.7 Å². The molecule has 0 saturated heterocycles. The van der Waals surface area contributed by atoms with E-state index in [1.807, 2.05) is 107 Å². The maximum atomic E-state index is 13.9. The summed E-state index contributed by atoms with van der Waals surface area (Å²) in [5.41, 5.74) is 7.06. The van der Waals surface area contributed by atoms with Crippen molar-refractivity contribution in [2.45, 2.75) is 40.5 Å². The molecule has 0 fully saturated rings. The number of amides is 2. The second-order valence-corrected chi connectivity index (χ2v) is 9.79. The summed E-state index contributed by atoms with van der Waals surface area (Å²) >= 11 is 0. The van der Waals surface area contributed by atoms with Crippen molar-refractivity contribution in [1.29, 1.82) is 0 Å². The molecular weight excluding hydrogens is 448 g/mol. The molecule has 6 heteroatoms. The summed E-state index contributed by atoms with van der Waals surface area (Å²) in [4.78, 5) is 27.9. The molecule has 0 aromatic heterocycles. The molecule has 182 valence electrons. The molecular formula is C30H30N4O2. The van der Waals surface area contributed by atoms with Crippen LogP contribution in [0.5, 0.6) is 0 Å². The van der Waals surface area contributed by atoms with Gasteiger partial charge in [0.25, 0.3) is 11.8 Å². The lowest BCUT2D eigenvalue weighted by Gasteiger charge is -2.29. The highest BCUT2D eigenvalue weighted by atomic mass is 16.2. The number of hydrogen-bond acceptors (Lipinski definition) is 4. The first-order chi connectivity index (χ1) is 17.3. The van der Waals surface area contributed by atoms with Gasteiger partial charge in [0.2, 0.25) is 0 Å². The van der Waals surface area contributed by atoms with Gasteiger partial charge in [0.15, 0.2) is 0 Å². The zero-order valence-electron chi connectivity index (χ0n) is 21.3. The Kier molecular flexibility index (Phi) is 6.04. The van der Waals surface area contributed by atoms with Crippen molar-refractivity contribution in [3.8, 4) is 0 Å². The van der Waals surface area contributed by atoms with Crippen molar-refractivity contribution < 1.29 is 9.59 Å². The first-order valence-electron chi connectivity index (χ1n) is 12.2. The van der Waals surface area contributed by atoms with Crippen molar-refractivity contribution in [2.24, 2.45) is 22.0 Å². The Morgan fingerprint density at radius 3 is 1.44 bits per heavy atom. The van der Waals surface area contributed by atoms with Crippen LogP contribution < -0.4 is 10.0 Å². The second kappa shape index (κ2) is 9.19. The fraction of sp³-hybridized carbons (Fsp3) is 0.267. The number of hydrazone groups is 2. The van der Waals surface area contributed by atoms with Gasteiger partial charge >= 0.3 is 0 Å². The van der Waals surface area contributed by atoms with E-state index in [2.05, 4.69) is 10.2 Å². The number of rotatable bonds is 5. The maximum absolute atomic E-state index is 13.9. The van der Waals surface area contributed by atoms with Crippen LogP contribution in [-0.4, -0.2) is 23.2 Å². The minimum atomic E-state index is -0.579. The van der Waals surface area contributed by atoms with E-state index in [-0.39, 0.29) is 11.8 Å². The average Bonchev–Trinajstić information content (AvgIpc) is 3.32. The van der Waals surface area contributed by atoms with E-state index < -0.39 is 17.8 Å². The van der Waals surface area contributed by atoms with Crippen molar-refractivity contribution >= 4 is 34.6 Å². The van der Waals surface area contributed by atoms with Gasteiger partial charge in [0, 0.05) is 17.3 Å². The van der Waals surface area contributed by atoms with Crippen LogP contribution in [0.1, 0.15) is 42.0 Å². The maximum Gasteiger partial charge on any atom is 0.256 e. The molecule has 2 aliphatic rings. The van der Waals surface area contributed by atoms with E-state index >= 15 is 0 Å². The third-order valence-electron chi connectivity index (χ3n) is 7.19. The molecule has 5 rings (SSSR count). The molecule has 2 atom stereocenters. The molecule has 3 aromatic carbocycles. The van der Waals surface area contributed by atoms with Crippen molar-refractivity contribution in [2.75, 3.05) is 10.0 Å². The summed E-state index contributed by atoms with van der Waals surface area (Å²) in [5.74, 6) is -1.84. The average molecular weight is 479 g/mol. The Balaban J connectivity index is 1.57. The smallest absolute Gasteiger partial charge is 0.256 e. The lowest BCUT2D eigenvalue weighted by molar-refractivity contribution is -0.122. The van der Waals surface area contributed by atoms with Crippen LogP contribution in [-0.2, 0) is 9.59 Å². The third kappa shape index (κ3) is 4.02. The standard InChI is InChI=1S/C30H30N4O2/c1-18-10-14-23(15-11-18)33-29(35)26(21(4)31-33)28(25-9-7-6-8-20(25)3)27-22(5)32-34(30(27)36)24-16-12-19(2)13-17-24/h6-17,26-28H,1-5H3. The normalized spacial score (nSPS) is 20.6. The van der Waals surface area contributed by atoms with Gasteiger partial charge < -0.3 is 0 Å². The summed E-state index contributed by atoms with van der Waals surface area (Å²) in [6.07, 6.45) is 0. The van der Waals surface area contributed by atoms with Gasteiger partial charge in [-0.15, -0.1) is 0 Å². The molecule has 6 nitrogen and oxygen atoms in total. The SMILES string of the molecule is CC1=NN(c2ccc(C)cc2)C(=O)C1C(c1ccccc1C)C1C(=O)N(c2ccc(C)cc2)N=C1C. The summed E-state index contributed by atoms with van der Waals surface area (Å²) < 4.78 is 0. The third-order valence-corrected chi connectivity index (χ3v) is 7.19. The molecule has 0 spiro atoms. The van der Waals surface area contributed by atoms with Gasteiger partial charge in [-0.05, 0) is 70.0 Å². The number of carbonyl (C=O) groups is 2. The molecule has 0 N–H and O–H groups in total. The molecule has 0 aliphatic carbocycles. The van der Waals surface area contributed by atoms with Crippen molar-refractivity contribution in [1.82, 2.24) is 0 Å². The highest BCUT2D eigenvalue weighted by Gasteiger charge is 2.50. The van der Waals surface area contributed by atoms with Gasteiger partial charge in [-0.2, -0.15) is 10.2 Å².